The van der Waals surface area contributed by atoms with E-state index in [1.807, 2.05) is 18.5 Å². The average Bonchev–Trinajstić information content (AvgIpc) is 2.73. The molecule has 2 N–H and O–H groups in total. The minimum atomic E-state index is 0.00203. The third-order valence-corrected chi connectivity index (χ3v) is 2.24. The summed E-state index contributed by atoms with van der Waals surface area (Å²) in [5, 5.41) is 3.24. The van der Waals surface area contributed by atoms with E-state index in [1.165, 1.54) is 5.56 Å². The number of anilines is 1. The maximum absolute atomic E-state index is 11.1. The molecule has 0 unspecified atom stereocenters. The molecule has 0 aliphatic carbocycles. The van der Waals surface area contributed by atoms with Crippen LogP contribution in [0.25, 0.3) is 0 Å². The number of aromatic amines is 1. The Labute approximate surface area is 87.6 Å². The molecule has 0 amide bonds. The van der Waals surface area contributed by atoms with Gasteiger partial charge in [0.15, 0.2) is 0 Å². The maximum atomic E-state index is 11.1. The molecule has 0 atom stereocenters. The lowest BCUT2D eigenvalue weighted by molar-refractivity contribution is 0.859. The highest BCUT2D eigenvalue weighted by Gasteiger charge is 1.95. The number of nitrogens with one attached hydrogen (secondary N) is 2. The Morgan fingerprint density at radius 2 is 2.27 bits per heavy atom. The van der Waals surface area contributed by atoms with Gasteiger partial charge in [-0.15, -0.1) is 0 Å². The molecule has 78 valence electrons. The fraction of sp³-hybridized carbons (Fsp3) is 0.182. The summed E-state index contributed by atoms with van der Waals surface area (Å²) >= 11 is 0. The van der Waals surface area contributed by atoms with Crippen LogP contribution in [0, 0.1) is 0 Å². The molecular formula is C11H13N3O. The van der Waals surface area contributed by atoms with E-state index in [1.54, 1.807) is 29.9 Å². The predicted octanol–water partition coefficient (Wildman–Crippen LogP) is 1.33. The van der Waals surface area contributed by atoms with Crippen LogP contribution in [0.4, 0.5) is 5.69 Å². The molecule has 2 rings (SSSR count). The summed E-state index contributed by atoms with van der Waals surface area (Å²) in [6.07, 6.45) is 5.61. The minimum absolute atomic E-state index is 0.00203. The first-order valence-electron chi connectivity index (χ1n) is 4.78. The van der Waals surface area contributed by atoms with Gasteiger partial charge in [-0.2, -0.15) is 0 Å². The number of pyridine rings is 1. The van der Waals surface area contributed by atoms with Crippen molar-refractivity contribution in [2.75, 3.05) is 5.32 Å². The second kappa shape index (κ2) is 4.04. The molecule has 0 fully saturated rings. The van der Waals surface area contributed by atoms with Crippen LogP contribution >= 0.6 is 0 Å². The molecular weight excluding hydrogens is 190 g/mol. The molecule has 0 bridgehead atoms. The Hall–Kier alpha value is -1.97. The first-order chi connectivity index (χ1) is 7.25. The second-order valence-electron chi connectivity index (χ2n) is 3.44. The van der Waals surface area contributed by atoms with Gasteiger partial charge in [-0.25, -0.2) is 0 Å². The van der Waals surface area contributed by atoms with E-state index >= 15 is 0 Å². The number of H-pyrrole nitrogens is 1. The summed E-state index contributed by atoms with van der Waals surface area (Å²) in [4.78, 5) is 14.1. The highest BCUT2D eigenvalue weighted by Crippen LogP contribution is 2.05. The van der Waals surface area contributed by atoms with E-state index in [2.05, 4.69) is 10.3 Å². The fourth-order valence-electron chi connectivity index (χ4n) is 1.37. The summed E-state index contributed by atoms with van der Waals surface area (Å²) in [6, 6.07) is 5.35. The largest absolute Gasteiger partial charge is 0.380 e. The van der Waals surface area contributed by atoms with Crippen molar-refractivity contribution >= 4 is 5.69 Å². The second-order valence-corrected chi connectivity index (χ2v) is 3.44. The van der Waals surface area contributed by atoms with Crippen LogP contribution in [0.5, 0.6) is 0 Å². The lowest BCUT2D eigenvalue weighted by Gasteiger charge is -2.05. The zero-order chi connectivity index (χ0) is 10.7. The van der Waals surface area contributed by atoms with E-state index < -0.39 is 0 Å². The SMILES string of the molecule is Cn1cc(NCc2cc[nH]c2)ccc1=O. The van der Waals surface area contributed by atoms with Crippen molar-refractivity contribution in [3.05, 3.63) is 52.7 Å². The van der Waals surface area contributed by atoms with Crippen molar-refractivity contribution < 1.29 is 0 Å². The molecule has 15 heavy (non-hydrogen) atoms. The Kier molecular flexibility index (Phi) is 2.58. The van der Waals surface area contributed by atoms with Gasteiger partial charge >= 0.3 is 0 Å². The molecule has 0 saturated carbocycles. The molecule has 2 aromatic rings. The summed E-state index contributed by atoms with van der Waals surface area (Å²) < 4.78 is 1.56. The van der Waals surface area contributed by atoms with Crippen LogP contribution in [-0.4, -0.2) is 9.55 Å². The van der Waals surface area contributed by atoms with Gasteiger partial charge in [0.25, 0.3) is 0 Å². The number of hydrogen-bond donors (Lipinski definition) is 2. The zero-order valence-electron chi connectivity index (χ0n) is 8.53. The molecule has 0 radical (unpaired) electrons. The maximum Gasteiger partial charge on any atom is 0.250 e. The van der Waals surface area contributed by atoms with Gasteiger partial charge in [0.05, 0.1) is 5.69 Å². The first-order valence-corrected chi connectivity index (χ1v) is 4.78. The lowest BCUT2D eigenvalue weighted by Crippen LogP contribution is -2.15. The normalized spacial score (nSPS) is 10.2. The number of rotatable bonds is 3. The Morgan fingerprint density at radius 1 is 1.40 bits per heavy atom. The third-order valence-electron chi connectivity index (χ3n) is 2.24. The number of hydrogen-bond acceptors (Lipinski definition) is 2. The van der Waals surface area contributed by atoms with Gasteiger partial charge in [0.2, 0.25) is 5.56 Å². The van der Waals surface area contributed by atoms with E-state index in [4.69, 9.17) is 0 Å². The summed E-state index contributed by atoms with van der Waals surface area (Å²) in [7, 11) is 1.74. The van der Waals surface area contributed by atoms with Gasteiger partial charge in [-0.05, 0) is 17.7 Å². The van der Waals surface area contributed by atoms with Gasteiger partial charge in [-0.1, -0.05) is 0 Å². The van der Waals surface area contributed by atoms with E-state index in [9.17, 15) is 4.79 Å². The summed E-state index contributed by atoms with van der Waals surface area (Å²) in [5.74, 6) is 0. The number of nitrogens with zero attached hydrogens (tertiary/aromatic N) is 1. The Balaban J connectivity index is 2.05. The van der Waals surface area contributed by atoms with Gasteiger partial charge in [0, 0.05) is 38.2 Å². The van der Waals surface area contributed by atoms with Crippen LogP contribution in [0.2, 0.25) is 0 Å². The molecule has 0 spiro atoms. The van der Waals surface area contributed by atoms with E-state index in [-0.39, 0.29) is 5.56 Å². The van der Waals surface area contributed by atoms with Crippen molar-refractivity contribution in [3.8, 4) is 0 Å². The van der Waals surface area contributed by atoms with Gasteiger partial charge in [0.1, 0.15) is 0 Å². The van der Waals surface area contributed by atoms with Crippen LogP contribution < -0.4 is 10.9 Å². The average molecular weight is 203 g/mol. The third kappa shape index (κ3) is 2.28. The lowest BCUT2D eigenvalue weighted by atomic mass is 10.3. The molecule has 0 aromatic carbocycles. The van der Waals surface area contributed by atoms with E-state index in [0.29, 0.717) is 0 Å². The molecule has 4 nitrogen and oxygen atoms in total. The number of aryl methyl sites for hydroxylation is 1. The molecule has 4 heteroatoms. The summed E-state index contributed by atoms with van der Waals surface area (Å²) in [5.41, 5.74) is 2.13. The first kappa shape index (κ1) is 9.58. The van der Waals surface area contributed by atoms with E-state index in [0.717, 1.165) is 12.2 Å². The van der Waals surface area contributed by atoms with Crippen molar-refractivity contribution in [1.82, 2.24) is 9.55 Å². The summed E-state index contributed by atoms with van der Waals surface area (Å²) in [6.45, 7) is 0.752. The quantitative estimate of drug-likeness (QED) is 0.790. The van der Waals surface area contributed by atoms with Crippen LogP contribution in [0.1, 0.15) is 5.56 Å². The molecule has 0 aliphatic rings. The van der Waals surface area contributed by atoms with Crippen molar-refractivity contribution in [2.45, 2.75) is 6.54 Å². The zero-order valence-corrected chi connectivity index (χ0v) is 8.53. The standard InChI is InChI=1S/C11H13N3O/c1-14-8-10(2-3-11(14)15)13-7-9-4-5-12-6-9/h2-6,8,12-13H,7H2,1H3. The van der Waals surface area contributed by atoms with Crippen LogP contribution in [0.15, 0.2) is 41.6 Å². The number of aromatic nitrogens is 2. The van der Waals surface area contributed by atoms with Gasteiger partial charge in [-0.3, -0.25) is 4.79 Å². The van der Waals surface area contributed by atoms with Gasteiger partial charge < -0.3 is 14.9 Å². The smallest absolute Gasteiger partial charge is 0.250 e. The molecule has 0 aliphatic heterocycles. The monoisotopic (exact) mass is 203 g/mol. The van der Waals surface area contributed by atoms with Crippen LogP contribution in [-0.2, 0) is 13.6 Å². The molecule has 0 saturated heterocycles. The highest BCUT2D eigenvalue weighted by atomic mass is 16.1. The predicted molar refractivity (Wildman–Crippen MR) is 59.8 cm³/mol. The van der Waals surface area contributed by atoms with Crippen molar-refractivity contribution in [3.63, 3.8) is 0 Å². The Bertz CT molecular complexity index is 485. The molecule has 2 aromatic heterocycles. The highest BCUT2D eigenvalue weighted by molar-refractivity contribution is 5.40. The van der Waals surface area contributed by atoms with Crippen LogP contribution in [0.3, 0.4) is 0 Å². The fourth-order valence-corrected chi connectivity index (χ4v) is 1.37. The minimum Gasteiger partial charge on any atom is -0.380 e. The Morgan fingerprint density at radius 3 is 2.93 bits per heavy atom. The van der Waals surface area contributed by atoms with Crippen molar-refractivity contribution in [1.29, 1.82) is 0 Å². The molecule has 2 heterocycles. The topological polar surface area (TPSA) is 49.8 Å². The van der Waals surface area contributed by atoms with Crippen molar-refractivity contribution in [2.24, 2.45) is 7.05 Å².